The molecular weight excluding hydrogens is 430 g/mol. The second-order valence-electron chi connectivity index (χ2n) is 6.82. The molecule has 1 aliphatic rings. The van der Waals surface area contributed by atoms with E-state index in [4.69, 9.17) is 11.6 Å². The number of benzene rings is 2. The molecule has 4 rings (SSSR count). The highest BCUT2D eigenvalue weighted by molar-refractivity contribution is 7.89. The summed E-state index contributed by atoms with van der Waals surface area (Å²) >= 11 is 7.53. The molecule has 1 aliphatic heterocycles. The Bertz CT molecular complexity index is 1110. The summed E-state index contributed by atoms with van der Waals surface area (Å²) in [4.78, 5) is 19.1. The normalized spacial score (nSPS) is 15.7. The van der Waals surface area contributed by atoms with E-state index in [1.165, 1.54) is 16.4 Å². The van der Waals surface area contributed by atoms with Crippen LogP contribution in [-0.4, -0.2) is 54.7 Å². The van der Waals surface area contributed by atoms with Crippen LogP contribution in [0.5, 0.6) is 0 Å². The number of hydrogen-bond donors (Lipinski definition) is 0. The van der Waals surface area contributed by atoms with Gasteiger partial charge in [-0.25, -0.2) is 13.4 Å². The number of aryl methyl sites for hydroxylation is 1. The van der Waals surface area contributed by atoms with Gasteiger partial charge < -0.3 is 4.90 Å². The third kappa shape index (κ3) is 4.45. The fourth-order valence-electron chi connectivity index (χ4n) is 3.35. The summed E-state index contributed by atoms with van der Waals surface area (Å²) in [6.07, 6.45) is 0.972. The molecule has 6 nitrogen and oxygen atoms in total. The molecule has 1 fully saturated rings. The van der Waals surface area contributed by atoms with Crippen LogP contribution in [0.3, 0.4) is 0 Å². The number of piperazine rings is 1. The first-order chi connectivity index (χ1) is 13.9. The van der Waals surface area contributed by atoms with Gasteiger partial charge in [0.2, 0.25) is 15.9 Å². The van der Waals surface area contributed by atoms with Crippen LogP contribution in [0.1, 0.15) is 11.4 Å². The number of halogens is 1. The number of thiazole rings is 1. The maximum absolute atomic E-state index is 12.8. The van der Waals surface area contributed by atoms with E-state index in [9.17, 15) is 13.2 Å². The van der Waals surface area contributed by atoms with E-state index in [1.807, 2.05) is 24.3 Å². The molecule has 0 radical (unpaired) electrons. The molecule has 29 heavy (non-hydrogen) atoms. The van der Waals surface area contributed by atoms with Crippen LogP contribution in [0.2, 0.25) is 5.02 Å². The number of para-hydroxylation sites is 1. The average Bonchev–Trinajstić information content (AvgIpc) is 3.15. The summed E-state index contributed by atoms with van der Waals surface area (Å²) in [6, 6.07) is 14.2. The van der Waals surface area contributed by atoms with E-state index in [-0.39, 0.29) is 23.9 Å². The van der Waals surface area contributed by atoms with Crippen molar-refractivity contribution in [3.63, 3.8) is 0 Å². The maximum Gasteiger partial charge on any atom is 0.243 e. The van der Waals surface area contributed by atoms with Crippen molar-refractivity contribution in [2.75, 3.05) is 26.2 Å². The first-order valence-electron chi connectivity index (χ1n) is 9.31. The van der Waals surface area contributed by atoms with Crippen molar-refractivity contribution >= 4 is 49.1 Å². The van der Waals surface area contributed by atoms with E-state index in [0.717, 1.165) is 15.2 Å². The smallest absolute Gasteiger partial charge is 0.243 e. The number of rotatable bonds is 5. The zero-order chi connectivity index (χ0) is 20.4. The zero-order valence-corrected chi connectivity index (χ0v) is 18.0. The third-order valence-electron chi connectivity index (χ3n) is 4.92. The summed E-state index contributed by atoms with van der Waals surface area (Å²) in [6.45, 7) is 1.33. The molecule has 1 aromatic heterocycles. The first-order valence-corrected chi connectivity index (χ1v) is 11.9. The molecular formula is C20H20ClN3O3S2. The molecule has 0 N–H and O–H groups in total. The highest BCUT2D eigenvalue weighted by Crippen LogP contribution is 2.23. The van der Waals surface area contributed by atoms with Gasteiger partial charge in [-0.2, -0.15) is 4.31 Å². The summed E-state index contributed by atoms with van der Waals surface area (Å²) < 4.78 is 28.1. The van der Waals surface area contributed by atoms with Gasteiger partial charge in [0.25, 0.3) is 0 Å². The van der Waals surface area contributed by atoms with Crippen molar-refractivity contribution in [3.05, 3.63) is 58.6 Å². The number of aromatic nitrogens is 1. The summed E-state index contributed by atoms with van der Waals surface area (Å²) in [5, 5.41) is 1.33. The second kappa shape index (κ2) is 8.39. The Morgan fingerprint density at radius 1 is 1.07 bits per heavy atom. The first kappa shape index (κ1) is 20.3. The van der Waals surface area contributed by atoms with Crippen LogP contribution in [-0.2, 0) is 21.2 Å². The standard InChI is InChI=1S/C20H20ClN3O3S2/c21-15-4-3-5-16(14-15)29(26,27)24-12-10-23(11-13-24)20(25)9-8-19-22-17-6-1-2-7-18(17)28-19/h1-7,14H,8-13H2. The molecule has 152 valence electrons. The van der Waals surface area contributed by atoms with Gasteiger partial charge in [0, 0.05) is 44.0 Å². The number of nitrogens with zero attached hydrogens (tertiary/aromatic N) is 3. The quantitative estimate of drug-likeness (QED) is 0.598. The van der Waals surface area contributed by atoms with E-state index in [1.54, 1.807) is 28.4 Å². The van der Waals surface area contributed by atoms with Crippen molar-refractivity contribution in [1.29, 1.82) is 0 Å². The van der Waals surface area contributed by atoms with Crippen LogP contribution in [0.4, 0.5) is 0 Å². The monoisotopic (exact) mass is 449 g/mol. The van der Waals surface area contributed by atoms with Crippen LogP contribution >= 0.6 is 22.9 Å². The van der Waals surface area contributed by atoms with Gasteiger partial charge in [-0.1, -0.05) is 29.8 Å². The highest BCUT2D eigenvalue weighted by atomic mass is 35.5. The van der Waals surface area contributed by atoms with Gasteiger partial charge in [-0.3, -0.25) is 4.79 Å². The molecule has 9 heteroatoms. The topological polar surface area (TPSA) is 70.6 Å². The Hall–Kier alpha value is -2.00. The number of hydrogen-bond acceptors (Lipinski definition) is 5. The zero-order valence-electron chi connectivity index (χ0n) is 15.6. The van der Waals surface area contributed by atoms with Crippen molar-refractivity contribution in [2.24, 2.45) is 0 Å². The molecule has 0 unspecified atom stereocenters. The van der Waals surface area contributed by atoms with Crippen LogP contribution in [0.15, 0.2) is 53.4 Å². The average molecular weight is 450 g/mol. The van der Waals surface area contributed by atoms with Gasteiger partial charge in [0.1, 0.15) is 0 Å². The van der Waals surface area contributed by atoms with Crippen LogP contribution in [0, 0.1) is 0 Å². The number of amides is 1. The Morgan fingerprint density at radius 3 is 2.55 bits per heavy atom. The molecule has 2 heterocycles. The molecule has 1 saturated heterocycles. The number of carbonyl (C=O) groups is 1. The Balaban J connectivity index is 1.33. The predicted octanol–water partition coefficient (Wildman–Crippen LogP) is 3.42. The molecule has 3 aromatic rings. The van der Waals surface area contributed by atoms with Gasteiger partial charge >= 0.3 is 0 Å². The van der Waals surface area contributed by atoms with Crippen molar-refractivity contribution in [3.8, 4) is 0 Å². The maximum atomic E-state index is 12.8. The lowest BCUT2D eigenvalue weighted by atomic mass is 10.2. The predicted molar refractivity (Wildman–Crippen MR) is 115 cm³/mol. The van der Waals surface area contributed by atoms with Crippen molar-refractivity contribution < 1.29 is 13.2 Å². The van der Waals surface area contributed by atoms with E-state index in [2.05, 4.69) is 4.98 Å². The van der Waals surface area contributed by atoms with Crippen LogP contribution < -0.4 is 0 Å². The van der Waals surface area contributed by atoms with Gasteiger partial charge in [0.05, 0.1) is 20.1 Å². The minimum atomic E-state index is -3.60. The number of sulfonamides is 1. The second-order valence-corrected chi connectivity index (χ2v) is 10.3. The van der Waals surface area contributed by atoms with Crippen LogP contribution in [0.25, 0.3) is 10.2 Å². The molecule has 0 saturated carbocycles. The number of fused-ring (bicyclic) bond motifs is 1. The number of carbonyl (C=O) groups excluding carboxylic acids is 1. The SMILES string of the molecule is O=C(CCc1nc2ccccc2s1)N1CCN(S(=O)(=O)c2cccc(Cl)c2)CC1. The molecule has 0 atom stereocenters. The van der Waals surface area contributed by atoms with E-state index >= 15 is 0 Å². The lowest BCUT2D eigenvalue weighted by Crippen LogP contribution is -2.50. The lowest BCUT2D eigenvalue weighted by molar-refractivity contribution is -0.132. The fourth-order valence-corrected chi connectivity index (χ4v) is 6.04. The Morgan fingerprint density at radius 2 is 1.83 bits per heavy atom. The van der Waals surface area contributed by atoms with Gasteiger partial charge in [0.15, 0.2) is 0 Å². The van der Waals surface area contributed by atoms with Gasteiger partial charge in [-0.05, 0) is 30.3 Å². The molecule has 0 aliphatic carbocycles. The summed E-state index contributed by atoms with van der Waals surface area (Å²) in [5.74, 6) is 0.0315. The summed E-state index contributed by atoms with van der Waals surface area (Å²) in [5.41, 5.74) is 0.958. The fraction of sp³-hybridized carbons (Fsp3) is 0.300. The molecule has 1 amide bonds. The highest BCUT2D eigenvalue weighted by Gasteiger charge is 2.30. The Kier molecular flexibility index (Phi) is 5.87. The molecule has 0 bridgehead atoms. The lowest BCUT2D eigenvalue weighted by Gasteiger charge is -2.34. The molecule has 0 spiro atoms. The van der Waals surface area contributed by atoms with Gasteiger partial charge in [-0.15, -0.1) is 11.3 Å². The summed E-state index contributed by atoms with van der Waals surface area (Å²) in [7, 11) is -3.60. The minimum Gasteiger partial charge on any atom is -0.340 e. The van der Waals surface area contributed by atoms with E-state index < -0.39 is 10.0 Å². The van der Waals surface area contributed by atoms with Crippen molar-refractivity contribution in [2.45, 2.75) is 17.7 Å². The minimum absolute atomic E-state index is 0.0315. The molecule has 2 aromatic carbocycles. The third-order valence-corrected chi connectivity index (χ3v) is 8.14. The Labute approximate surface area is 178 Å². The van der Waals surface area contributed by atoms with E-state index in [0.29, 0.717) is 31.0 Å². The largest absolute Gasteiger partial charge is 0.340 e. The van der Waals surface area contributed by atoms with Crippen molar-refractivity contribution in [1.82, 2.24) is 14.2 Å².